The first-order valence-electron chi connectivity index (χ1n) is 19.4. The lowest BCUT2D eigenvalue weighted by Gasteiger charge is -2.44. The fraction of sp³-hybridized carbons (Fsp3) is 1.00. The molecule has 0 spiro atoms. The molecule has 0 saturated carbocycles. The Hall–Kier alpha value is 2.20. The second-order valence-electron chi connectivity index (χ2n) is 20.9. The van der Waals surface area contributed by atoms with Gasteiger partial charge >= 0.3 is 68.5 Å². The van der Waals surface area contributed by atoms with Crippen LogP contribution >= 0.6 is 0 Å². The zero-order valence-electron chi connectivity index (χ0n) is 38.9. The molecule has 0 unspecified atom stereocenters. The summed E-state index contributed by atoms with van der Waals surface area (Å²) in [6.45, 7) is 56.7. The number of hydrogen-bond acceptors (Lipinski definition) is 10. The zero-order valence-corrected chi connectivity index (χ0v) is 50.9. The van der Waals surface area contributed by atoms with Gasteiger partial charge in [0.1, 0.15) is 0 Å². The highest BCUT2D eigenvalue weighted by molar-refractivity contribution is 6.93. The summed E-state index contributed by atoms with van der Waals surface area (Å²) in [5.41, 5.74) is 0. The molecule has 0 aromatic carbocycles. The van der Waals surface area contributed by atoms with Gasteiger partial charge in [-0.1, -0.05) is 13.3 Å². The van der Waals surface area contributed by atoms with Crippen LogP contribution in [0.5, 0.6) is 0 Å². The van der Waals surface area contributed by atoms with Gasteiger partial charge in [-0.15, -0.1) is 0 Å². The van der Waals surface area contributed by atoms with Gasteiger partial charge in [0, 0.05) is 0 Å². The Morgan fingerprint density at radius 1 is 0.231 bits per heavy atom. The van der Waals surface area contributed by atoms with Crippen LogP contribution in [-0.2, 0) is 41.2 Å². The summed E-state index contributed by atoms with van der Waals surface area (Å²) in [5, 5.41) is 0. The van der Waals surface area contributed by atoms with Gasteiger partial charge in [-0.05, 0) is 182 Å². The normalized spacial score (nSPS) is 15.8. The summed E-state index contributed by atoms with van der Waals surface area (Å²) >= 11 is 0. The summed E-state index contributed by atoms with van der Waals surface area (Å²) in [6.07, 6.45) is 1.19. The van der Waals surface area contributed by atoms with Crippen LogP contribution in [0.2, 0.25) is 182 Å². The fourth-order valence-electron chi connectivity index (χ4n) is 7.82. The van der Waals surface area contributed by atoms with Crippen LogP contribution in [0.15, 0.2) is 0 Å². The van der Waals surface area contributed by atoms with E-state index in [0.717, 1.165) is 12.1 Å². The van der Waals surface area contributed by atoms with Crippen molar-refractivity contribution in [3.8, 4) is 0 Å². The average molecular weight is 944 g/mol. The minimum Gasteiger partial charge on any atom is -0.456 e. The van der Waals surface area contributed by atoms with Crippen molar-refractivity contribution in [2.75, 3.05) is 0 Å². The standard InChI is InChI=1S/C30H86O10Si12/c1-27-28-42(5,6)32-43(7,8)29-30-44(9,10)33-46(13,14)35-48(17,18)37-50(21,22)39-52(25,26)40-51(23,24)38-49(19,20)36-47(15,16)34-45(11,12)31-41(2,3)4/h27-30H2,1-26H3. The third-order valence-corrected chi connectivity index (χ3v) is 52.9. The third-order valence-electron chi connectivity index (χ3n) is 7.25. The predicted octanol–water partition coefficient (Wildman–Crippen LogP) is 11.6. The highest BCUT2D eigenvalue weighted by atomic mass is 28.5. The van der Waals surface area contributed by atoms with Crippen molar-refractivity contribution < 1.29 is 41.2 Å². The molecule has 0 atom stereocenters. The van der Waals surface area contributed by atoms with Crippen LogP contribution in [0.3, 0.4) is 0 Å². The van der Waals surface area contributed by atoms with E-state index >= 15 is 0 Å². The molecule has 22 heteroatoms. The summed E-state index contributed by atoms with van der Waals surface area (Å²) < 4.78 is 67.8. The minimum atomic E-state index is -2.69. The Morgan fingerprint density at radius 3 is 0.654 bits per heavy atom. The Balaban J connectivity index is 5.50. The Bertz CT molecular complexity index is 1120. The largest absolute Gasteiger partial charge is 0.456 e. The van der Waals surface area contributed by atoms with E-state index in [1.807, 2.05) is 0 Å². The quantitative estimate of drug-likeness (QED) is 0.0824. The maximum absolute atomic E-state index is 6.96. The van der Waals surface area contributed by atoms with Crippen molar-refractivity contribution in [1.29, 1.82) is 0 Å². The van der Waals surface area contributed by atoms with E-state index in [1.165, 1.54) is 12.5 Å². The molecule has 0 aliphatic carbocycles. The zero-order chi connectivity index (χ0) is 41.9. The molecule has 0 N–H and O–H groups in total. The van der Waals surface area contributed by atoms with Crippen molar-refractivity contribution in [1.82, 2.24) is 0 Å². The first-order valence-corrected chi connectivity index (χ1v) is 54.6. The molecule has 0 rings (SSSR count). The van der Waals surface area contributed by atoms with Crippen molar-refractivity contribution >= 4 is 102 Å². The molecule has 0 bridgehead atoms. The lowest BCUT2D eigenvalue weighted by molar-refractivity contribution is 0.257. The molecule has 0 amide bonds. The fourth-order valence-corrected chi connectivity index (χ4v) is 69.8. The first-order chi connectivity index (χ1) is 22.3. The molecular formula is C30H86O10Si12. The lowest BCUT2D eigenvalue weighted by Crippen LogP contribution is -2.62. The van der Waals surface area contributed by atoms with E-state index in [4.69, 9.17) is 41.2 Å². The molecule has 10 nitrogen and oxygen atoms in total. The van der Waals surface area contributed by atoms with E-state index in [9.17, 15) is 0 Å². The van der Waals surface area contributed by atoms with Gasteiger partial charge in [0.25, 0.3) is 0 Å². The molecule has 0 aromatic heterocycles. The van der Waals surface area contributed by atoms with Crippen LogP contribution in [0.1, 0.15) is 13.3 Å². The van der Waals surface area contributed by atoms with E-state index < -0.39 is 102 Å². The van der Waals surface area contributed by atoms with Gasteiger partial charge in [-0.3, -0.25) is 0 Å². The van der Waals surface area contributed by atoms with Gasteiger partial charge in [-0.2, -0.15) is 0 Å². The molecule has 0 aliphatic rings. The van der Waals surface area contributed by atoms with Crippen molar-refractivity contribution in [3.05, 3.63) is 0 Å². The molecule has 52 heavy (non-hydrogen) atoms. The molecule has 0 saturated heterocycles. The SMILES string of the molecule is CCC[Si](C)(C)O[Si](C)(C)CC[Si](C)(C)O[Si](C)(C)O[Si](C)(C)O[Si](C)(C)O[Si](C)(C)O[Si](C)(C)O[Si](C)(C)O[Si](C)(C)O[Si](C)(C)O[Si](C)(C)C. The number of hydrogen-bond donors (Lipinski definition) is 0. The Kier molecular flexibility index (Phi) is 19.4. The molecule has 0 heterocycles. The van der Waals surface area contributed by atoms with Gasteiger partial charge in [0.15, 0.2) is 33.3 Å². The van der Waals surface area contributed by atoms with Crippen molar-refractivity contribution in [2.45, 2.75) is 195 Å². The van der Waals surface area contributed by atoms with E-state index in [1.54, 1.807) is 0 Å². The van der Waals surface area contributed by atoms with Gasteiger partial charge in [0.2, 0.25) is 0 Å². The summed E-state index contributed by atoms with van der Waals surface area (Å²) in [5.74, 6) is 0. The first kappa shape index (κ1) is 54.2. The maximum Gasteiger partial charge on any atom is 0.314 e. The molecule has 0 radical (unpaired) electrons. The van der Waals surface area contributed by atoms with E-state index in [2.05, 4.69) is 171 Å². The third kappa shape index (κ3) is 25.5. The summed E-state index contributed by atoms with van der Waals surface area (Å²) in [4.78, 5) is 0. The predicted molar refractivity (Wildman–Crippen MR) is 251 cm³/mol. The molecule has 0 fully saturated rings. The lowest BCUT2D eigenvalue weighted by atomic mass is 10.6. The highest BCUT2D eigenvalue weighted by Gasteiger charge is 2.50. The van der Waals surface area contributed by atoms with Crippen LogP contribution in [0.4, 0.5) is 0 Å². The van der Waals surface area contributed by atoms with Crippen molar-refractivity contribution in [3.63, 3.8) is 0 Å². The maximum atomic E-state index is 6.96. The van der Waals surface area contributed by atoms with Gasteiger partial charge < -0.3 is 41.2 Å². The van der Waals surface area contributed by atoms with Crippen LogP contribution in [0.25, 0.3) is 0 Å². The molecular weight excluding hydrogens is 857 g/mol. The van der Waals surface area contributed by atoms with E-state index in [0.29, 0.717) is 0 Å². The molecule has 0 aliphatic heterocycles. The van der Waals surface area contributed by atoms with Gasteiger partial charge in [-0.25, -0.2) is 0 Å². The van der Waals surface area contributed by atoms with Crippen LogP contribution in [0, 0.1) is 0 Å². The molecule has 314 valence electrons. The summed E-state index contributed by atoms with van der Waals surface area (Å²) in [7, 11) is -27.8. The van der Waals surface area contributed by atoms with Crippen LogP contribution in [-0.4, -0.2) is 102 Å². The van der Waals surface area contributed by atoms with Gasteiger partial charge in [0.05, 0.1) is 0 Å². The Morgan fingerprint density at radius 2 is 0.423 bits per heavy atom. The topological polar surface area (TPSA) is 92.3 Å². The van der Waals surface area contributed by atoms with Crippen molar-refractivity contribution in [2.24, 2.45) is 0 Å². The second-order valence-corrected chi connectivity index (χ2v) is 67.7. The summed E-state index contributed by atoms with van der Waals surface area (Å²) in [6, 6.07) is 3.42. The van der Waals surface area contributed by atoms with Crippen LogP contribution < -0.4 is 0 Å². The number of rotatable bonds is 25. The Labute approximate surface area is 335 Å². The van der Waals surface area contributed by atoms with E-state index in [-0.39, 0.29) is 0 Å². The smallest absolute Gasteiger partial charge is 0.314 e. The highest BCUT2D eigenvalue weighted by Crippen LogP contribution is 2.32. The second kappa shape index (κ2) is 18.6. The average Bonchev–Trinajstić information content (AvgIpc) is 2.67. The molecule has 0 aromatic rings. The monoisotopic (exact) mass is 942 g/mol. The minimum absolute atomic E-state index is 1.08.